The van der Waals surface area contributed by atoms with Crippen LogP contribution < -0.4 is 5.32 Å². The topological polar surface area (TPSA) is 32.3 Å². The van der Waals surface area contributed by atoms with Crippen molar-refractivity contribution in [1.82, 2.24) is 10.2 Å². The van der Waals surface area contributed by atoms with Crippen LogP contribution >= 0.6 is 11.8 Å². The molecule has 2 aliphatic rings. The van der Waals surface area contributed by atoms with E-state index >= 15 is 0 Å². The van der Waals surface area contributed by atoms with Gasteiger partial charge in [-0.25, -0.2) is 0 Å². The van der Waals surface area contributed by atoms with Gasteiger partial charge in [-0.3, -0.25) is 10.1 Å². The molecule has 1 unspecified atom stereocenters. The molecule has 0 radical (unpaired) electrons. The number of nitrogens with one attached hydrogen (secondary N) is 1. The third-order valence-corrected chi connectivity index (χ3v) is 6.83. The van der Waals surface area contributed by atoms with Crippen LogP contribution in [0.3, 0.4) is 0 Å². The van der Waals surface area contributed by atoms with Gasteiger partial charge in [-0.05, 0) is 38.9 Å². The lowest BCUT2D eigenvalue weighted by atomic mass is 9.96. The third-order valence-electron chi connectivity index (χ3n) is 5.26. The number of carbonyl (C=O) groups excluding carboxylic acids is 1. The molecule has 110 valence electrons. The van der Waals surface area contributed by atoms with Crippen LogP contribution in [0.1, 0.15) is 59.3 Å². The van der Waals surface area contributed by atoms with Gasteiger partial charge in [0.15, 0.2) is 0 Å². The number of hydrogen-bond donors (Lipinski definition) is 1. The molecule has 1 aliphatic carbocycles. The highest BCUT2D eigenvalue weighted by molar-refractivity contribution is 8.00. The second kappa shape index (κ2) is 5.65. The molecule has 2 rings (SSSR count). The fourth-order valence-corrected chi connectivity index (χ4v) is 4.52. The summed E-state index contributed by atoms with van der Waals surface area (Å²) in [5, 5.41) is 3.59. The highest BCUT2D eigenvalue weighted by Gasteiger charge is 2.52. The maximum Gasteiger partial charge on any atom is 0.244 e. The second-order valence-electron chi connectivity index (χ2n) is 6.14. The largest absolute Gasteiger partial charge is 0.324 e. The number of carbonyl (C=O) groups is 1. The average Bonchev–Trinajstić information content (AvgIpc) is 2.97. The third kappa shape index (κ3) is 2.54. The summed E-state index contributed by atoms with van der Waals surface area (Å²) in [6.07, 6.45) is 9.03. The average molecular weight is 284 g/mol. The van der Waals surface area contributed by atoms with Crippen LogP contribution in [0.2, 0.25) is 0 Å². The summed E-state index contributed by atoms with van der Waals surface area (Å²) < 4.78 is 0.218. The minimum atomic E-state index is -0.217. The molecule has 4 heteroatoms. The molecule has 1 saturated heterocycles. The molecule has 3 nitrogen and oxygen atoms in total. The first-order valence-corrected chi connectivity index (χ1v) is 8.89. The van der Waals surface area contributed by atoms with Gasteiger partial charge in [0.2, 0.25) is 5.91 Å². The van der Waals surface area contributed by atoms with Crippen molar-refractivity contribution in [2.24, 2.45) is 0 Å². The van der Waals surface area contributed by atoms with Crippen molar-refractivity contribution in [3.05, 3.63) is 0 Å². The van der Waals surface area contributed by atoms with Gasteiger partial charge in [0.25, 0.3) is 0 Å². The van der Waals surface area contributed by atoms with E-state index in [2.05, 4.69) is 37.2 Å². The number of hydrogen-bond acceptors (Lipinski definition) is 3. The molecular weight excluding hydrogens is 256 g/mol. The summed E-state index contributed by atoms with van der Waals surface area (Å²) >= 11 is 1.92. The Morgan fingerprint density at radius 3 is 2.42 bits per heavy atom. The van der Waals surface area contributed by atoms with Gasteiger partial charge in [0.05, 0.1) is 11.7 Å². The Kier molecular flexibility index (Phi) is 4.51. The monoisotopic (exact) mass is 284 g/mol. The maximum atomic E-state index is 12.8. The zero-order valence-corrected chi connectivity index (χ0v) is 13.6. The number of nitrogens with zero attached hydrogens (tertiary/aromatic N) is 1. The fraction of sp³-hybridized carbons (Fsp3) is 0.933. The van der Waals surface area contributed by atoms with E-state index in [-0.39, 0.29) is 16.5 Å². The molecule has 0 aromatic rings. The van der Waals surface area contributed by atoms with Gasteiger partial charge in [-0.2, -0.15) is 11.8 Å². The molecule has 1 amide bonds. The Bertz CT molecular complexity index is 327. The molecule has 2 fully saturated rings. The fourth-order valence-electron chi connectivity index (χ4n) is 3.67. The quantitative estimate of drug-likeness (QED) is 0.842. The van der Waals surface area contributed by atoms with Gasteiger partial charge in [-0.1, -0.05) is 26.7 Å². The van der Waals surface area contributed by atoms with Crippen molar-refractivity contribution in [3.63, 3.8) is 0 Å². The van der Waals surface area contributed by atoms with Crippen molar-refractivity contribution in [1.29, 1.82) is 0 Å². The summed E-state index contributed by atoms with van der Waals surface area (Å²) in [6, 6.07) is 0. The standard InChI is InChI=1S/C15H28N2OS/c1-5-14(6-2,19-4)11-17-12(3)16-15(13(17)18)9-7-8-10-15/h12,16H,5-11H2,1-4H3. The molecule has 1 saturated carbocycles. The van der Waals surface area contributed by atoms with E-state index in [9.17, 15) is 4.79 Å². The minimum absolute atomic E-state index is 0.190. The lowest BCUT2D eigenvalue weighted by Gasteiger charge is -2.36. The second-order valence-corrected chi connectivity index (χ2v) is 7.41. The van der Waals surface area contributed by atoms with Gasteiger partial charge in [0, 0.05) is 11.3 Å². The van der Waals surface area contributed by atoms with Gasteiger partial charge < -0.3 is 4.90 Å². The summed E-state index contributed by atoms with van der Waals surface area (Å²) in [5.41, 5.74) is -0.217. The zero-order chi connectivity index (χ0) is 14.1. The number of amides is 1. The summed E-state index contributed by atoms with van der Waals surface area (Å²) in [4.78, 5) is 14.9. The summed E-state index contributed by atoms with van der Waals surface area (Å²) in [6.45, 7) is 7.51. The van der Waals surface area contributed by atoms with Crippen molar-refractivity contribution in [2.75, 3.05) is 12.8 Å². The van der Waals surface area contributed by atoms with E-state index < -0.39 is 0 Å². The first-order chi connectivity index (χ1) is 9.02. The van der Waals surface area contributed by atoms with Gasteiger partial charge in [-0.15, -0.1) is 0 Å². The molecule has 1 atom stereocenters. The molecule has 0 aromatic heterocycles. The van der Waals surface area contributed by atoms with Crippen LogP contribution in [-0.2, 0) is 4.79 Å². The molecule has 1 spiro atoms. The van der Waals surface area contributed by atoms with E-state index in [0.717, 1.165) is 32.2 Å². The summed E-state index contributed by atoms with van der Waals surface area (Å²) in [7, 11) is 0. The molecule has 0 bridgehead atoms. The molecule has 19 heavy (non-hydrogen) atoms. The maximum absolute atomic E-state index is 12.8. The zero-order valence-electron chi connectivity index (χ0n) is 12.8. The smallest absolute Gasteiger partial charge is 0.244 e. The predicted octanol–water partition coefficient (Wildman–Crippen LogP) is 3.00. The Morgan fingerprint density at radius 2 is 1.95 bits per heavy atom. The molecule has 1 heterocycles. The van der Waals surface area contributed by atoms with Crippen molar-refractivity contribution in [3.8, 4) is 0 Å². The van der Waals surface area contributed by atoms with Crippen LogP contribution in [0.25, 0.3) is 0 Å². The van der Waals surface area contributed by atoms with Crippen LogP contribution in [0.4, 0.5) is 0 Å². The van der Waals surface area contributed by atoms with E-state index in [0.29, 0.717) is 5.91 Å². The molecule has 1 N–H and O–H groups in total. The van der Waals surface area contributed by atoms with E-state index in [1.54, 1.807) is 0 Å². The highest BCUT2D eigenvalue weighted by atomic mass is 32.2. The van der Waals surface area contributed by atoms with Gasteiger partial charge in [0.1, 0.15) is 0 Å². The Labute approximate surface area is 121 Å². The number of rotatable bonds is 5. The van der Waals surface area contributed by atoms with Gasteiger partial charge >= 0.3 is 0 Å². The molecular formula is C15H28N2OS. The SMILES string of the molecule is CCC(CC)(CN1C(=O)C2(CCCC2)NC1C)SC. The van der Waals surface area contributed by atoms with E-state index in [4.69, 9.17) is 0 Å². The lowest BCUT2D eigenvalue weighted by Crippen LogP contribution is -2.46. The van der Waals surface area contributed by atoms with Crippen LogP contribution in [0.15, 0.2) is 0 Å². The Balaban J connectivity index is 2.14. The first kappa shape index (κ1) is 15.2. The normalized spacial score (nSPS) is 26.6. The molecule has 1 aliphatic heterocycles. The lowest BCUT2D eigenvalue weighted by molar-refractivity contribution is -0.133. The van der Waals surface area contributed by atoms with Crippen molar-refractivity contribution < 1.29 is 4.79 Å². The minimum Gasteiger partial charge on any atom is -0.324 e. The van der Waals surface area contributed by atoms with E-state index in [1.807, 2.05) is 11.8 Å². The van der Waals surface area contributed by atoms with E-state index in [1.165, 1.54) is 12.8 Å². The van der Waals surface area contributed by atoms with Crippen molar-refractivity contribution in [2.45, 2.75) is 75.7 Å². The number of thioether (sulfide) groups is 1. The first-order valence-electron chi connectivity index (χ1n) is 7.66. The highest BCUT2D eigenvalue weighted by Crippen LogP contribution is 2.39. The van der Waals surface area contributed by atoms with Crippen LogP contribution in [-0.4, -0.2) is 40.1 Å². The van der Waals surface area contributed by atoms with Crippen LogP contribution in [0.5, 0.6) is 0 Å². The predicted molar refractivity (Wildman–Crippen MR) is 82.3 cm³/mol. The Morgan fingerprint density at radius 1 is 1.37 bits per heavy atom. The summed E-state index contributed by atoms with van der Waals surface area (Å²) in [5.74, 6) is 0.359. The molecule has 0 aromatic carbocycles. The van der Waals surface area contributed by atoms with Crippen LogP contribution in [0, 0.1) is 0 Å². The Hall–Kier alpha value is -0.220. The van der Waals surface area contributed by atoms with Crippen molar-refractivity contribution >= 4 is 17.7 Å².